The number of anilines is 2. The molecule has 0 saturated carbocycles. The first-order chi connectivity index (χ1) is 14.2. The molecule has 2 aromatic carbocycles. The van der Waals surface area contributed by atoms with Crippen LogP contribution in [0.1, 0.15) is 45.3 Å². The van der Waals surface area contributed by atoms with Gasteiger partial charge in [0.05, 0.1) is 11.6 Å². The van der Waals surface area contributed by atoms with Gasteiger partial charge in [-0.3, -0.25) is 14.9 Å². The Morgan fingerprint density at radius 2 is 1.83 bits per heavy atom. The first-order valence-corrected chi connectivity index (χ1v) is 10.8. The lowest BCUT2D eigenvalue weighted by Crippen LogP contribution is -2.35. The number of nitrogens with one attached hydrogen (secondary N) is 1. The molecule has 1 N–H and O–H groups in total. The molecule has 29 heavy (non-hydrogen) atoms. The molecule has 2 heterocycles. The van der Waals surface area contributed by atoms with Gasteiger partial charge in [-0.1, -0.05) is 36.4 Å². The topological polar surface area (TPSA) is 62.3 Å². The first-order valence-electron chi connectivity index (χ1n) is 9.96. The van der Waals surface area contributed by atoms with Crippen LogP contribution in [0.5, 0.6) is 0 Å². The molecule has 1 aromatic heterocycles. The monoisotopic (exact) mass is 403 g/mol. The number of hydrogen-bond acceptors (Lipinski definition) is 4. The zero-order valence-corrected chi connectivity index (χ0v) is 16.7. The Bertz CT molecular complexity index is 1080. The van der Waals surface area contributed by atoms with Crippen LogP contribution in [0.15, 0.2) is 54.6 Å². The Kier molecular flexibility index (Phi) is 4.64. The fourth-order valence-corrected chi connectivity index (χ4v) is 5.29. The van der Waals surface area contributed by atoms with Crippen molar-refractivity contribution in [2.45, 2.75) is 31.6 Å². The molecule has 5 nitrogen and oxygen atoms in total. The van der Waals surface area contributed by atoms with Gasteiger partial charge in [0, 0.05) is 22.7 Å². The van der Waals surface area contributed by atoms with E-state index in [9.17, 15) is 9.59 Å². The first kappa shape index (κ1) is 18.1. The predicted octanol–water partition coefficient (Wildman–Crippen LogP) is 4.40. The summed E-state index contributed by atoms with van der Waals surface area (Å²) in [6.07, 6.45) is 3.58. The number of amides is 2. The third-order valence-electron chi connectivity index (χ3n) is 5.66. The quantitative estimate of drug-likeness (QED) is 0.705. The molecule has 0 spiro atoms. The number of rotatable bonds is 3. The van der Waals surface area contributed by atoms with Crippen molar-refractivity contribution in [1.82, 2.24) is 4.98 Å². The van der Waals surface area contributed by atoms with Crippen molar-refractivity contribution in [1.29, 1.82) is 0 Å². The van der Waals surface area contributed by atoms with E-state index >= 15 is 0 Å². The van der Waals surface area contributed by atoms with Crippen LogP contribution in [0.2, 0.25) is 0 Å². The summed E-state index contributed by atoms with van der Waals surface area (Å²) >= 11 is 1.49. The molecule has 5 rings (SSSR count). The van der Waals surface area contributed by atoms with E-state index in [-0.39, 0.29) is 17.7 Å². The van der Waals surface area contributed by atoms with Gasteiger partial charge in [-0.05, 0) is 49.4 Å². The van der Waals surface area contributed by atoms with Crippen molar-refractivity contribution in [3.05, 3.63) is 76.3 Å². The molecule has 2 aliphatic rings. The molecule has 1 atom stereocenters. The van der Waals surface area contributed by atoms with Gasteiger partial charge < -0.3 is 4.90 Å². The number of carbonyl (C=O) groups is 2. The van der Waals surface area contributed by atoms with Crippen molar-refractivity contribution in [3.63, 3.8) is 0 Å². The molecular formula is C23H21N3O2S. The van der Waals surface area contributed by atoms with Crippen molar-refractivity contribution >= 4 is 34.0 Å². The summed E-state index contributed by atoms with van der Waals surface area (Å²) in [7, 11) is 0. The van der Waals surface area contributed by atoms with Gasteiger partial charge in [0.25, 0.3) is 5.91 Å². The highest BCUT2D eigenvalue weighted by Crippen LogP contribution is 2.39. The highest BCUT2D eigenvalue weighted by Gasteiger charge is 2.35. The lowest BCUT2D eigenvalue weighted by Gasteiger charge is -2.26. The van der Waals surface area contributed by atoms with Gasteiger partial charge in [0.15, 0.2) is 5.13 Å². The van der Waals surface area contributed by atoms with Crippen LogP contribution >= 0.6 is 11.3 Å². The summed E-state index contributed by atoms with van der Waals surface area (Å²) < 4.78 is 0. The van der Waals surface area contributed by atoms with E-state index in [4.69, 9.17) is 0 Å². The highest BCUT2D eigenvalue weighted by molar-refractivity contribution is 7.16. The number of aromatic nitrogens is 1. The minimum Gasteiger partial charge on any atom is -0.311 e. The Morgan fingerprint density at radius 3 is 2.69 bits per heavy atom. The predicted molar refractivity (Wildman–Crippen MR) is 115 cm³/mol. The maximum absolute atomic E-state index is 13.4. The molecule has 0 bridgehead atoms. The average Bonchev–Trinajstić information content (AvgIpc) is 3.37. The number of aryl methyl sites for hydroxylation is 1. The standard InChI is InChI=1S/C23H21N3O2S/c27-21(16-8-2-1-3-9-16)25-23-24-20-17(10-6-12-19(20)29-23)22(28)26-14-13-15-7-4-5-11-18(15)26/h1-5,7-9,11,17H,6,10,12-14H2,(H,24,25,27)/t17-/m1/s1. The number of para-hydroxylation sites is 1. The molecule has 146 valence electrons. The normalized spacial score (nSPS) is 17.5. The third kappa shape index (κ3) is 3.34. The Morgan fingerprint density at radius 1 is 1.03 bits per heavy atom. The Hall–Kier alpha value is -2.99. The second-order valence-corrected chi connectivity index (χ2v) is 8.54. The van der Waals surface area contributed by atoms with E-state index in [2.05, 4.69) is 16.4 Å². The molecule has 1 aliphatic carbocycles. The lowest BCUT2D eigenvalue weighted by molar-refractivity contribution is -0.120. The molecule has 1 aliphatic heterocycles. The van der Waals surface area contributed by atoms with Gasteiger partial charge >= 0.3 is 0 Å². The Labute approximate surface area is 173 Å². The third-order valence-corrected chi connectivity index (χ3v) is 6.71. The Balaban J connectivity index is 1.39. The summed E-state index contributed by atoms with van der Waals surface area (Å²) in [5.74, 6) is -0.279. The highest BCUT2D eigenvalue weighted by atomic mass is 32.1. The molecular weight excluding hydrogens is 382 g/mol. The summed E-state index contributed by atoms with van der Waals surface area (Å²) in [6.45, 7) is 0.728. The van der Waals surface area contributed by atoms with E-state index in [0.29, 0.717) is 10.7 Å². The minimum atomic E-state index is -0.233. The van der Waals surface area contributed by atoms with Crippen molar-refractivity contribution in [3.8, 4) is 0 Å². The zero-order chi connectivity index (χ0) is 19.8. The van der Waals surface area contributed by atoms with E-state index in [1.807, 2.05) is 41.3 Å². The number of nitrogens with zero attached hydrogens (tertiary/aromatic N) is 2. The van der Waals surface area contributed by atoms with Gasteiger partial charge in [-0.25, -0.2) is 4.98 Å². The van der Waals surface area contributed by atoms with E-state index in [0.717, 1.165) is 48.5 Å². The van der Waals surface area contributed by atoms with Crippen molar-refractivity contribution in [2.75, 3.05) is 16.8 Å². The number of thiazole rings is 1. The molecule has 2 amide bonds. The average molecular weight is 404 g/mol. The minimum absolute atomic E-state index is 0.127. The summed E-state index contributed by atoms with van der Waals surface area (Å²) in [6, 6.07) is 17.2. The van der Waals surface area contributed by atoms with Gasteiger partial charge in [-0.15, -0.1) is 11.3 Å². The number of hydrogen-bond donors (Lipinski definition) is 1. The number of benzene rings is 2. The van der Waals surface area contributed by atoms with Crippen LogP contribution in [0.4, 0.5) is 10.8 Å². The molecule has 0 radical (unpaired) electrons. The largest absolute Gasteiger partial charge is 0.311 e. The number of fused-ring (bicyclic) bond motifs is 2. The smallest absolute Gasteiger partial charge is 0.257 e. The molecule has 0 unspecified atom stereocenters. The van der Waals surface area contributed by atoms with Crippen LogP contribution in [0.3, 0.4) is 0 Å². The van der Waals surface area contributed by atoms with Gasteiger partial charge in [0.2, 0.25) is 5.91 Å². The molecule has 6 heteroatoms. The van der Waals surface area contributed by atoms with Crippen LogP contribution < -0.4 is 10.2 Å². The van der Waals surface area contributed by atoms with Crippen molar-refractivity contribution in [2.24, 2.45) is 0 Å². The lowest BCUT2D eigenvalue weighted by atomic mass is 9.90. The molecule has 0 saturated heterocycles. The van der Waals surface area contributed by atoms with Crippen LogP contribution in [-0.2, 0) is 17.6 Å². The fraction of sp³-hybridized carbons (Fsp3) is 0.261. The SMILES string of the molecule is O=C(Nc1nc2c(s1)CCC[C@H]2C(=O)N1CCc2ccccc21)c1ccccc1. The van der Waals surface area contributed by atoms with Crippen LogP contribution in [-0.4, -0.2) is 23.3 Å². The van der Waals surface area contributed by atoms with E-state index < -0.39 is 0 Å². The second-order valence-electron chi connectivity index (χ2n) is 7.46. The van der Waals surface area contributed by atoms with Crippen LogP contribution in [0.25, 0.3) is 0 Å². The number of carbonyl (C=O) groups excluding carboxylic acids is 2. The van der Waals surface area contributed by atoms with Crippen LogP contribution in [0, 0.1) is 0 Å². The molecule has 3 aromatic rings. The van der Waals surface area contributed by atoms with Gasteiger partial charge in [0.1, 0.15) is 0 Å². The molecule has 0 fully saturated rings. The van der Waals surface area contributed by atoms with Crippen molar-refractivity contribution < 1.29 is 9.59 Å². The van der Waals surface area contributed by atoms with E-state index in [1.165, 1.54) is 16.9 Å². The summed E-state index contributed by atoms with van der Waals surface area (Å²) in [5, 5.41) is 3.48. The summed E-state index contributed by atoms with van der Waals surface area (Å²) in [4.78, 5) is 33.6. The summed E-state index contributed by atoms with van der Waals surface area (Å²) in [5.41, 5.74) is 3.70. The fourth-order valence-electron chi connectivity index (χ4n) is 4.23. The maximum Gasteiger partial charge on any atom is 0.257 e. The second kappa shape index (κ2) is 7.44. The zero-order valence-electron chi connectivity index (χ0n) is 15.9. The maximum atomic E-state index is 13.4. The van der Waals surface area contributed by atoms with Gasteiger partial charge in [-0.2, -0.15) is 0 Å². The van der Waals surface area contributed by atoms with E-state index in [1.54, 1.807) is 12.1 Å².